The van der Waals surface area contributed by atoms with Crippen molar-refractivity contribution in [1.82, 2.24) is 0 Å². The number of nitriles is 1. The van der Waals surface area contributed by atoms with Gasteiger partial charge in [0.15, 0.2) is 0 Å². The number of nitrogens with zero attached hydrogens (tertiary/aromatic N) is 2. The fraction of sp³-hybridized carbons (Fsp3) is 0.182. The third-order valence-electron chi connectivity index (χ3n) is 2.14. The number of rotatable bonds is 1. The minimum absolute atomic E-state index is 0.900. The molecule has 1 aliphatic rings. The van der Waals surface area contributed by atoms with Gasteiger partial charge in [-0.1, -0.05) is 23.9 Å². The summed E-state index contributed by atoms with van der Waals surface area (Å²) in [5, 5.41) is 9.68. The monoisotopic (exact) mass is 202 g/mol. The molecule has 2 rings (SSSR count). The van der Waals surface area contributed by atoms with Crippen LogP contribution < -0.4 is 4.90 Å². The van der Waals surface area contributed by atoms with Crippen molar-refractivity contribution in [2.45, 2.75) is 11.8 Å². The first-order valence-electron chi connectivity index (χ1n) is 4.51. The fourth-order valence-corrected chi connectivity index (χ4v) is 2.65. The lowest BCUT2D eigenvalue weighted by molar-refractivity contribution is 1.00. The molecule has 0 saturated heterocycles. The minimum atomic E-state index is 0.900. The van der Waals surface area contributed by atoms with Crippen LogP contribution in [0.15, 0.2) is 40.3 Å². The Morgan fingerprint density at radius 1 is 1.50 bits per heavy atom. The first-order valence-corrected chi connectivity index (χ1v) is 5.32. The molecule has 70 valence electrons. The molecule has 0 spiro atoms. The molecule has 14 heavy (non-hydrogen) atoms. The number of hydrogen-bond acceptors (Lipinski definition) is 3. The summed E-state index contributed by atoms with van der Waals surface area (Å²) in [5.74, 6) is 0. The summed E-state index contributed by atoms with van der Waals surface area (Å²) in [6.07, 6.45) is 1.61. The number of allylic oxidation sites excluding steroid dienone is 1. The first-order chi connectivity index (χ1) is 6.86. The zero-order valence-electron chi connectivity index (χ0n) is 7.90. The normalized spacial score (nSPS) is 16.9. The second kappa shape index (κ2) is 3.77. The van der Waals surface area contributed by atoms with Crippen LogP contribution >= 0.6 is 11.8 Å². The van der Waals surface area contributed by atoms with Gasteiger partial charge in [0, 0.05) is 17.5 Å². The van der Waals surface area contributed by atoms with E-state index in [9.17, 15) is 0 Å². The van der Waals surface area contributed by atoms with Crippen LogP contribution in [0.5, 0.6) is 0 Å². The van der Waals surface area contributed by atoms with E-state index < -0.39 is 0 Å². The lowest BCUT2D eigenvalue weighted by Gasteiger charge is -2.16. The van der Waals surface area contributed by atoms with Crippen molar-refractivity contribution in [1.29, 1.82) is 5.26 Å². The van der Waals surface area contributed by atoms with Crippen molar-refractivity contribution in [3.05, 3.63) is 35.4 Å². The molecule has 0 saturated carbocycles. The van der Waals surface area contributed by atoms with E-state index in [4.69, 9.17) is 5.26 Å². The molecular weight excluding hydrogens is 192 g/mol. The van der Waals surface area contributed by atoms with Gasteiger partial charge in [-0.3, -0.25) is 0 Å². The van der Waals surface area contributed by atoms with E-state index >= 15 is 0 Å². The van der Waals surface area contributed by atoms with E-state index in [1.165, 1.54) is 10.6 Å². The molecule has 1 aliphatic heterocycles. The van der Waals surface area contributed by atoms with Gasteiger partial charge >= 0.3 is 0 Å². The van der Waals surface area contributed by atoms with Gasteiger partial charge in [0.1, 0.15) is 0 Å². The van der Waals surface area contributed by atoms with E-state index in [-0.39, 0.29) is 0 Å². The predicted molar refractivity (Wildman–Crippen MR) is 59.0 cm³/mol. The number of thioether (sulfide) groups is 1. The second-order valence-electron chi connectivity index (χ2n) is 2.93. The molecule has 0 radical (unpaired) electrons. The Morgan fingerprint density at radius 3 is 3.00 bits per heavy atom. The summed E-state index contributed by atoms with van der Waals surface area (Å²) in [6, 6.07) is 10.3. The summed E-state index contributed by atoms with van der Waals surface area (Å²) in [4.78, 5) is 3.39. The van der Waals surface area contributed by atoms with Gasteiger partial charge in [0.25, 0.3) is 0 Å². The van der Waals surface area contributed by atoms with E-state index in [0.717, 1.165) is 11.6 Å². The molecule has 1 aromatic carbocycles. The SMILES string of the molecule is CCN1C(=CC#N)Sc2ccccc21. The molecule has 0 amide bonds. The molecule has 0 atom stereocenters. The fourth-order valence-electron chi connectivity index (χ4n) is 1.54. The highest BCUT2D eigenvalue weighted by molar-refractivity contribution is 8.03. The zero-order valence-corrected chi connectivity index (χ0v) is 8.71. The largest absolute Gasteiger partial charge is 0.335 e. The number of anilines is 1. The van der Waals surface area contributed by atoms with Crippen molar-refractivity contribution >= 4 is 17.4 Å². The predicted octanol–water partition coefficient (Wildman–Crippen LogP) is 2.98. The van der Waals surface area contributed by atoms with Crippen molar-refractivity contribution in [2.24, 2.45) is 0 Å². The van der Waals surface area contributed by atoms with E-state index in [0.29, 0.717) is 0 Å². The van der Waals surface area contributed by atoms with E-state index in [1.807, 2.05) is 12.1 Å². The van der Waals surface area contributed by atoms with Gasteiger partial charge in [0.05, 0.1) is 16.8 Å². The van der Waals surface area contributed by atoms with Crippen LogP contribution in [-0.2, 0) is 0 Å². The molecule has 3 heteroatoms. The van der Waals surface area contributed by atoms with Crippen molar-refractivity contribution in [3.8, 4) is 6.07 Å². The van der Waals surface area contributed by atoms with Crippen molar-refractivity contribution in [2.75, 3.05) is 11.4 Å². The highest BCUT2D eigenvalue weighted by Gasteiger charge is 2.22. The Morgan fingerprint density at radius 2 is 2.29 bits per heavy atom. The summed E-state index contributed by atoms with van der Waals surface area (Å²) < 4.78 is 0. The van der Waals surface area contributed by atoms with Gasteiger partial charge in [-0.2, -0.15) is 5.26 Å². The third kappa shape index (κ3) is 1.38. The highest BCUT2D eigenvalue weighted by Crippen LogP contribution is 2.45. The molecular formula is C11H10N2S. The average molecular weight is 202 g/mol. The maximum Gasteiger partial charge on any atom is 0.0939 e. The molecule has 0 bridgehead atoms. The number of para-hydroxylation sites is 1. The lowest BCUT2D eigenvalue weighted by Crippen LogP contribution is -2.16. The van der Waals surface area contributed by atoms with Crippen LogP contribution in [0, 0.1) is 11.3 Å². The zero-order chi connectivity index (χ0) is 9.97. The maximum absolute atomic E-state index is 8.65. The second-order valence-corrected chi connectivity index (χ2v) is 3.99. The Bertz CT molecular complexity index is 418. The van der Waals surface area contributed by atoms with Crippen LogP contribution in [0.4, 0.5) is 5.69 Å². The maximum atomic E-state index is 8.65. The number of fused-ring (bicyclic) bond motifs is 1. The highest BCUT2D eigenvalue weighted by atomic mass is 32.2. The Hall–Kier alpha value is -1.40. The molecule has 0 aliphatic carbocycles. The molecule has 0 N–H and O–H groups in total. The van der Waals surface area contributed by atoms with Crippen LogP contribution in [-0.4, -0.2) is 6.54 Å². The van der Waals surface area contributed by atoms with Crippen molar-refractivity contribution < 1.29 is 0 Å². The summed E-state index contributed by atoms with van der Waals surface area (Å²) in [5.41, 5.74) is 1.21. The van der Waals surface area contributed by atoms with Gasteiger partial charge in [0.2, 0.25) is 0 Å². The molecule has 2 nitrogen and oxygen atoms in total. The Balaban J connectivity index is 2.45. The van der Waals surface area contributed by atoms with Crippen molar-refractivity contribution in [3.63, 3.8) is 0 Å². The van der Waals surface area contributed by atoms with Crippen LogP contribution in [0.25, 0.3) is 0 Å². The Labute approximate surface area is 87.8 Å². The summed E-state index contributed by atoms with van der Waals surface area (Å²) in [7, 11) is 0. The Kier molecular flexibility index (Phi) is 2.47. The number of benzene rings is 1. The average Bonchev–Trinajstić information content (AvgIpc) is 2.55. The standard InChI is InChI=1S/C11H10N2S/c1-2-13-9-5-3-4-6-10(9)14-11(13)7-8-12/h3-7H,2H2,1H3. The lowest BCUT2D eigenvalue weighted by atomic mass is 10.3. The third-order valence-corrected chi connectivity index (χ3v) is 3.25. The quantitative estimate of drug-likeness (QED) is 0.655. The molecule has 1 aromatic rings. The minimum Gasteiger partial charge on any atom is -0.335 e. The van der Waals surface area contributed by atoms with Crippen LogP contribution in [0.3, 0.4) is 0 Å². The number of hydrogen-bond donors (Lipinski definition) is 0. The first kappa shape index (κ1) is 9.17. The van der Waals surface area contributed by atoms with Gasteiger partial charge in [-0.05, 0) is 19.1 Å². The molecule has 0 aromatic heterocycles. The van der Waals surface area contributed by atoms with E-state index in [1.54, 1.807) is 17.8 Å². The van der Waals surface area contributed by atoms with E-state index in [2.05, 4.69) is 30.0 Å². The van der Waals surface area contributed by atoms with Crippen LogP contribution in [0.1, 0.15) is 6.92 Å². The summed E-state index contributed by atoms with van der Waals surface area (Å²) >= 11 is 1.66. The molecule has 0 fully saturated rings. The smallest absolute Gasteiger partial charge is 0.0939 e. The van der Waals surface area contributed by atoms with Gasteiger partial charge in [-0.15, -0.1) is 0 Å². The topological polar surface area (TPSA) is 27.0 Å². The van der Waals surface area contributed by atoms with Crippen LogP contribution in [0.2, 0.25) is 0 Å². The summed E-state index contributed by atoms with van der Waals surface area (Å²) in [6.45, 7) is 2.99. The molecule has 1 heterocycles. The van der Waals surface area contributed by atoms with Gasteiger partial charge < -0.3 is 4.90 Å². The molecule has 0 unspecified atom stereocenters. The van der Waals surface area contributed by atoms with Gasteiger partial charge in [-0.25, -0.2) is 0 Å².